The van der Waals surface area contributed by atoms with Gasteiger partial charge in [0.1, 0.15) is 12.4 Å². The average Bonchev–Trinajstić information content (AvgIpc) is 3.20. The van der Waals surface area contributed by atoms with E-state index in [2.05, 4.69) is 15.6 Å². The van der Waals surface area contributed by atoms with Crippen molar-refractivity contribution in [2.75, 3.05) is 13.2 Å². The Labute approximate surface area is 146 Å². The minimum atomic E-state index is -0.282. The van der Waals surface area contributed by atoms with Crippen LogP contribution in [0.1, 0.15) is 38.6 Å². The second-order valence-electron chi connectivity index (χ2n) is 6.41. The number of amides is 2. The van der Waals surface area contributed by atoms with Crippen molar-refractivity contribution in [1.82, 2.24) is 20.2 Å². The third-order valence-electron chi connectivity index (χ3n) is 4.34. The van der Waals surface area contributed by atoms with E-state index < -0.39 is 0 Å². The molecule has 1 fully saturated rings. The number of carbonyl (C=O) groups excluding carboxylic acids is 2. The molecule has 2 aromatic rings. The van der Waals surface area contributed by atoms with Gasteiger partial charge in [-0.2, -0.15) is 0 Å². The summed E-state index contributed by atoms with van der Waals surface area (Å²) in [6.45, 7) is 4.79. The van der Waals surface area contributed by atoms with Crippen molar-refractivity contribution in [1.29, 1.82) is 0 Å². The zero-order chi connectivity index (χ0) is 17.8. The van der Waals surface area contributed by atoms with E-state index in [9.17, 15) is 9.59 Å². The van der Waals surface area contributed by atoms with Gasteiger partial charge in [0, 0.05) is 20.1 Å². The van der Waals surface area contributed by atoms with Crippen LogP contribution >= 0.6 is 0 Å². The first-order valence-corrected chi connectivity index (χ1v) is 8.65. The molecule has 0 unspecified atom stereocenters. The molecule has 2 N–H and O–H groups in total. The van der Waals surface area contributed by atoms with Gasteiger partial charge in [0.25, 0.3) is 0 Å². The Morgan fingerprint density at radius 2 is 2.20 bits per heavy atom. The minimum Gasteiger partial charge on any atom is -0.376 e. The molecule has 0 bridgehead atoms. The van der Waals surface area contributed by atoms with Gasteiger partial charge in [-0.25, -0.2) is 4.98 Å². The molecule has 2 heterocycles. The number of fused-ring (bicyclic) bond motifs is 1. The lowest BCUT2D eigenvalue weighted by Gasteiger charge is -2.16. The van der Waals surface area contributed by atoms with Crippen molar-refractivity contribution >= 4 is 22.8 Å². The van der Waals surface area contributed by atoms with Crippen LogP contribution in [-0.4, -0.2) is 40.6 Å². The summed E-state index contributed by atoms with van der Waals surface area (Å²) < 4.78 is 7.40. The number of imidazole rings is 1. The molecular formula is C18H24N4O3. The van der Waals surface area contributed by atoms with Crippen LogP contribution in [-0.2, 0) is 20.9 Å². The number of ether oxygens (including phenoxy) is 1. The molecule has 0 spiro atoms. The molecule has 1 aliphatic rings. The van der Waals surface area contributed by atoms with Crippen molar-refractivity contribution in [2.45, 2.75) is 45.4 Å². The zero-order valence-electron chi connectivity index (χ0n) is 14.6. The molecule has 3 rings (SSSR count). The van der Waals surface area contributed by atoms with Gasteiger partial charge in [-0.15, -0.1) is 0 Å². The van der Waals surface area contributed by atoms with Crippen LogP contribution in [0.15, 0.2) is 24.3 Å². The summed E-state index contributed by atoms with van der Waals surface area (Å²) in [5.74, 6) is 0.451. The summed E-state index contributed by atoms with van der Waals surface area (Å²) in [5.41, 5.74) is 1.68. The van der Waals surface area contributed by atoms with Crippen LogP contribution in [0, 0.1) is 0 Å². The third-order valence-corrected chi connectivity index (χ3v) is 4.34. The van der Waals surface area contributed by atoms with Gasteiger partial charge < -0.3 is 19.9 Å². The second-order valence-corrected chi connectivity index (χ2v) is 6.41. The minimum absolute atomic E-state index is 0.0880. The smallest absolute Gasteiger partial charge is 0.240 e. The highest BCUT2D eigenvalue weighted by Crippen LogP contribution is 2.20. The number of nitrogens with zero attached hydrogens (tertiary/aromatic N) is 2. The zero-order valence-corrected chi connectivity index (χ0v) is 14.6. The molecule has 0 saturated carbocycles. The quantitative estimate of drug-likeness (QED) is 0.832. The van der Waals surface area contributed by atoms with E-state index in [0.29, 0.717) is 12.4 Å². The normalized spacial score (nSPS) is 18.2. The molecule has 1 aromatic heterocycles. The lowest BCUT2D eigenvalue weighted by atomic mass is 10.2. The van der Waals surface area contributed by atoms with Crippen molar-refractivity contribution in [3.8, 4) is 0 Å². The van der Waals surface area contributed by atoms with E-state index in [1.54, 1.807) is 0 Å². The van der Waals surface area contributed by atoms with E-state index in [-0.39, 0.29) is 30.5 Å². The molecule has 25 heavy (non-hydrogen) atoms. The van der Waals surface area contributed by atoms with Crippen molar-refractivity contribution in [2.24, 2.45) is 0 Å². The van der Waals surface area contributed by atoms with E-state index in [0.717, 1.165) is 30.5 Å². The van der Waals surface area contributed by atoms with E-state index >= 15 is 0 Å². The molecule has 2 atom stereocenters. The number of rotatable bonds is 6. The summed E-state index contributed by atoms with van der Waals surface area (Å²) in [6.07, 6.45) is 2.14. The van der Waals surface area contributed by atoms with Gasteiger partial charge >= 0.3 is 0 Å². The SMILES string of the molecule is CC(=O)N[C@H](C)c1nc2ccccc2n1CC(=O)NC[C@H]1CCCO1. The molecule has 0 radical (unpaired) electrons. The molecule has 2 amide bonds. The molecule has 1 aliphatic heterocycles. The van der Waals surface area contributed by atoms with Crippen LogP contribution in [0.2, 0.25) is 0 Å². The van der Waals surface area contributed by atoms with Gasteiger partial charge in [0.2, 0.25) is 11.8 Å². The molecule has 1 saturated heterocycles. The summed E-state index contributed by atoms with van der Waals surface area (Å²) in [5, 5.41) is 5.77. The van der Waals surface area contributed by atoms with Gasteiger partial charge in [-0.05, 0) is 31.9 Å². The van der Waals surface area contributed by atoms with Crippen molar-refractivity contribution in [3.05, 3.63) is 30.1 Å². The Hall–Kier alpha value is -2.41. The van der Waals surface area contributed by atoms with E-state index in [4.69, 9.17) is 4.74 Å². The number of carbonyl (C=O) groups is 2. The molecule has 7 heteroatoms. The van der Waals surface area contributed by atoms with Crippen molar-refractivity contribution in [3.63, 3.8) is 0 Å². The van der Waals surface area contributed by atoms with Gasteiger partial charge in [-0.3, -0.25) is 9.59 Å². The Morgan fingerprint density at radius 1 is 1.40 bits per heavy atom. The van der Waals surface area contributed by atoms with E-state index in [1.807, 2.05) is 35.8 Å². The van der Waals surface area contributed by atoms with Crippen LogP contribution in [0.4, 0.5) is 0 Å². The van der Waals surface area contributed by atoms with Crippen LogP contribution in [0.3, 0.4) is 0 Å². The molecule has 134 valence electrons. The predicted molar refractivity (Wildman–Crippen MR) is 93.9 cm³/mol. The van der Waals surface area contributed by atoms with E-state index in [1.165, 1.54) is 6.92 Å². The monoisotopic (exact) mass is 344 g/mol. The Bertz CT molecular complexity index is 765. The lowest BCUT2D eigenvalue weighted by Crippen LogP contribution is -2.35. The van der Waals surface area contributed by atoms with Crippen molar-refractivity contribution < 1.29 is 14.3 Å². The number of hydrogen-bond acceptors (Lipinski definition) is 4. The summed E-state index contributed by atoms with van der Waals surface area (Å²) >= 11 is 0. The fourth-order valence-corrected chi connectivity index (χ4v) is 3.19. The van der Waals surface area contributed by atoms with Crippen LogP contribution < -0.4 is 10.6 Å². The highest BCUT2D eigenvalue weighted by molar-refractivity contribution is 5.81. The van der Waals surface area contributed by atoms with Crippen LogP contribution in [0.25, 0.3) is 11.0 Å². The second kappa shape index (κ2) is 7.65. The first-order chi connectivity index (χ1) is 12.0. The number of para-hydroxylation sites is 2. The highest BCUT2D eigenvalue weighted by atomic mass is 16.5. The molecule has 7 nitrogen and oxygen atoms in total. The number of hydrogen-bond donors (Lipinski definition) is 2. The van der Waals surface area contributed by atoms with Gasteiger partial charge in [0.15, 0.2) is 0 Å². The molecule has 1 aromatic carbocycles. The summed E-state index contributed by atoms with van der Waals surface area (Å²) in [7, 11) is 0. The standard InChI is InChI=1S/C18H24N4O3/c1-12(20-13(2)23)18-21-15-7-3-4-8-16(15)22(18)11-17(24)19-10-14-6-5-9-25-14/h3-4,7-8,12,14H,5-6,9-11H2,1-2H3,(H,19,24)(H,20,23)/t12-,14-/m1/s1. The first-order valence-electron chi connectivity index (χ1n) is 8.65. The Morgan fingerprint density at radius 3 is 2.92 bits per heavy atom. The Balaban J connectivity index is 1.77. The van der Waals surface area contributed by atoms with Gasteiger partial charge in [0.05, 0.1) is 23.2 Å². The maximum absolute atomic E-state index is 12.4. The number of aromatic nitrogens is 2. The maximum Gasteiger partial charge on any atom is 0.240 e. The summed E-state index contributed by atoms with van der Waals surface area (Å²) in [4.78, 5) is 28.4. The first kappa shape index (κ1) is 17.4. The largest absolute Gasteiger partial charge is 0.376 e. The van der Waals surface area contributed by atoms with Crippen LogP contribution in [0.5, 0.6) is 0 Å². The Kier molecular flexibility index (Phi) is 5.33. The molecule has 0 aliphatic carbocycles. The molecular weight excluding hydrogens is 320 g/mol. The third kappa shape index (κ3) is 4.17. The lowest BCUT2D eigenvalue weighted by molar-refractivity contribution is -0.122. The maximum atomic E-state index is 12.4. The fraction of sp³-hybridized carbons (Fsp3) is 0.500. The predicted octanol–water partition coefficient (Wildman–Crippen LogP) is 1.53. The topological polar surface area (TPSA) is 85.2 Å². The number of benzene rings is 1. The fourth-order valence-electron chi connectivity index (χ4n) is 3.19. The van der Waals surface area contributed by atoms with Gasteiger partial charge in [-0.1, -0.05) is 12.1 Å². The highest BCUT2D eigenvalue weighted by Gasteiger charge is 2.20. The average molecular weight is 344 g/mol. The summed E-state index contributed by atoms with van der Waals surface area (Å²) in [6, 6.07) is 7.37. The number of nitrogens with one attached hydrogen (secondary N) is 2.